The quantitative estimate of drug-likeness (QED) is 0.188. The molecule has 1 aliphatic heterocycles. The van der Waals surface area contributed by atoms with Crippen LogP contribution >= 0.6 is 34.5 Å². The molecule has 214 valence electrons. The van der Waals surface area contributed by atoms with E-state index in [-0.39, 0.29) is 24.0 Å². The molecule has 3 rings (SSSR count). The molecule has 0 aromatic carbocycles. The second kappa shape index (κ2) is 11.4. The molecule has 1 saturated carbocycles. The van der Waals surface area contributed by atoms with Crippen LogP contribution in [0.1, 0.15) is 84.3 Å². The highest BCUT2D eigenvalue weighted by molar-refractivity contribution is 7.09. The number of nitrogens with zero attached hydrogens (tertiary/aromatic N) is 1. The minimum atomic E-state index is -1.30. The maximum absolute atomic E-state index is 13.3. The Hall–Kier alpha value is -1.19. The van der Waals surface area contributed by atoms with Gasteiger partial charge in [0.05, 0.1) is 29.4 Å². The first-order valence-corrected chi connectivity index (χ1v) is 14.9. The monoisotopic (exact) mass is 590 g/mol. The number of Topliss-reactive ketones (excluding diaryl/α,β-unsaturated/α-hetero) is 1. The van der Waals surface area contributed by atoms with Gasteiger partial charge in [0.15, 0.2) is 0 Å². The second-order valence-corrected chi connectivity index (χ2v) is 14.6. The van der Waals surface area contributed by atoms with E-state index in [4.69, 9.17) is 27.9 Å². The van der Waals surface area contributed by atoms with Gasteiger partial charge in [-0.2, -0.15) is 0 Å². The Morgan fingerprint density at radius 3 is 2.42 bits per heavy atom. The molecule has 6 unspecified atom stereocenters. The van der Waals surface area contributed by atoms with Crippen molar-refractivity contribution in [1.82, 2.24) is 0 Å². The molecule has 0 radical (unpaired) electrons. The largest absolute Gasteiger partial charge is 0.458 e. The number of halogens is 2. The van der Waals surface area contributed by atoms with E-state index in [0.29, 0.717) is 29.1 Å². The standard InChI is InChI=1S/C28H42Cl2NO6S/c1-15-9-8-10-27(7)21(28(27,29)30)12-20(16(2)11-19-14-38-18(4)31(19)36)37-23(33)13-22(32)26(5,6)25(35)17(3)24(15)34/h11,14-15,17,20-22,24,32,34,36H,8-10,12-13H2,1-7H3/q+1/t15?,17?,20?,21-,22?,24?,27?/m0/s1. The lowest BCUT2D eigenvalue weighted by molar-refractivity contribution is -0.906. The van der Waals surface area contributed by atoms with Gasteiger partial charge < -0.3 is 14.9 Å². The van der Waals surface area contributed by atoms with Crippen molar-refractivity contribution in [1.29, 1.82) is 0 Å². The number of fused-ring (bicyclic) bond motifs is 1. The Morgan fingerprint density at radius 1 is 1.21 bits per heavy atom. The average molecular weight is 592 g/mol. The number of alkyl halides is 2. The number of hydrogen-bond donors (Lipinski definition) is 3. The van der Waals surface area contributed by atoms with E-state index >= 15 is 0 Å². The molecule has 2 fully saturated rings. The maximum Gasteiger partial charge on any atom is 0.309 e. The van der Waals surface area contributed by atoms with Gasteiger partial charge in [0.1, 0.15) is 16.2 Å². The summed E-state index contributed by atoms with van der Waals surface area (Å²) in [4.78, 5) is 26.4. The molecule has 7 nitrogen and oxygen atoms in total. The molecular weight excluding hydrogens is 549 g/mol. The van der Waals surface area contributed by atoms with Crippen LogP contribution in [0.5, 0.6) is 0 Å². The summed E-state index contributed by atoms with van der Waals surface area (Å²) in [5, 5.41) is 34.7. The number of hydrogen-bond acceptors (Lipinski definition) is 7. The van der Waals surface area contributed by atoms with Crippen LogP contribution in [-0.2, 0) is 14.3 Å². The number of carbonyl (C=O) groups excluding carboxylic acids is 2. The first kappa shape index (κ1) is 31.3. The zero-order chi connectivity index (χ0) is 28.8. The molecule has 38 heavy (non-hydrogen) atoms. The normalized spacial score (nSPS) is 36.9. The minimum Gasteiger partial charge on any atom is -0.458 e. The first-order chi connectivity index (χ1) is 17.4. The molecule has 3 N–H and O–H groups in total. The van der Waals surface area contributed by atoms with Gasteiger partial charge in [0, 0.05) is 35.0 Å². The first-order valence-electron chi connectivity index (χ1n) is 13.3. The number of carbonyl (C=O) groups is 2. The van der Waals surface area contributed by atoms with Crippen LogP contribution in [-0.4, -0.2) is 49.8 Å². The van der Waals surface area contributed by atoms with Crippen LogP contribution in [0.2, 0.25) is 0 Å². The zero-order valence-electron chi connectivity index (χ0n) is 23.3. The summed E-state index contributed by atoms with van der Waals surface area (Å²) in [7, 11) is 0. The number of aromatic nitrogens is 1. The highest BCUT2D eigenvalue weighted by atomic mass is 35.5. The lowest BCUT2D eigenvalue weighted by Crippen LogP contribution is -2.45. The molecule has 1 aliphatic carbocycles. The number of aliphatic hydroxyl groups excluding tert-OH is 2. The van der Waals surface area contributed by atoms with Crippen LogP contribution in [0.25, 0.3) is 6.08 Å². The Morgan fingerprint density at radius 2 is 1.84 bits per heavy atom. The van der Waals surface area contributed by atoms with Gasteiger partial charge in [-0.1, -0.05) is 52.4 Å². The SMILES string of the molecule is CC(=Cc1csc(C)[n+]1O)C1C[C@@H]2C(Cl)(Cl)C2(C)CCCC(C)C(O)C(C)C(=O)C(C)(C)C(O)CC(=O)O1. The maximum atomic E-state index is 13.3. The minimum absolute atomic E-state index is 0.141. The highest BCUT2D eigenvalue weighted by Crippen LogP contribution is 2.73. The Balaban J connectivity index is 1.95. The summed E-state index contributed by atoms with van der Waals surface area (Å²) in [5.74, 6) is -1.95. The van der Waals surface area contributed by atoms with Crippen LogP contribution in [0.15, 0.2) is 11.0 Å². The summed E-state index contributed by atoms with van der Waals surface area (Å²) in [6, 6.07) is 0. The van der Waals surface area contributed by atoms with Crippen molar-refractivity contribution < 1.29 is 34.5 Å². The lowest BCUT2D eigenvalue weighted by Gasteiger charge is -2.34. The molecule has 1 aromatic heterocycles. The summed E-state index contributed by atoms with van der Waals surface area (Å²) in [6.45, 7) is 12.4. The molecule has 2 heterocycles. The van der Waals surface area contributed by atoms with E-state index in [1.54, 1.807) is 39.2 Å². The molecule has 2 aliphatic rings. The van der Waals surface area contributed by atoms with Gasteiger partial charge in [-0.25, -0.2) is 0 Å². The van der Waals surface area contributed by atoms with Crippen molar-refractivity contribution in [2.75, 3.05) is 0 Å². The van der Waals surface area contributed by atoms with Crippen molar-refractivity contribution in [2.45, 2.75) is 103 Å². The zero-order valence-corrected chi connectivity index (χ0v) is 25.7. The number of ether oxygens (including phenoxy) is 1. The fraction of sp³-hybridized carbons (Fsp3) is 0.750. The average Bonchev–Trinajstić information content (AvgIpc) is 3.05. The number of esters is 1. The van der Waals surface area contributed by atoms with E-state index in [0.717, 1.165) is 17.6 Å². The Labute approximate surface area is 239 Å². The van der Waals surface area contributed by atoms with Crippen molar-refractivity contribution in [3.63, 3.8) is 0 Å². The van der Waals surface area contributed by atoms with Crippen molar-refractivity contribution >= 4 is 52.4 Å². The fourth-order valence-electron chi connectivity index (χ4n) is 5.79. The van der Waals surface area contributed by atoms with Gasteiger partial charge in [0.2, 0.25) is 0 Å². The lowest BCUT2D eigenvalue weighted by atomic mass is 9.73. The Bertz CT molecular complexity index is 1090. The van der Waals surface area contributed by atoms with E-state index in [1.165, 1.54) is 11.3 Å². The van der Waals surface area contributed by atoms with E-state index in [9.17, 15) is 25.0 Å². The number of rotatable bonds is 2. The molecule has 0 bridgehead atoms. The van der Waals surface area contributed by atoms with Gasteiger partial charge in [-0.05, 0) is 37.7 Å². The van der Waals surface area contributed by atoms with Crippen LogP contribution < -0.4 is 4.73 Å². The fourth-order valence-corrected chi connectivity index (χ4v) is 7.46. The van der Waals surface area contributed by atoms with Crippen molar-refractivity contribution in [2.24, 2.45) is 28.6 Å². The third kappa shape index (κ3) is 5.95. The molecule has 10 heteroatoms. The summed E-state index contributed by atoms with van der Waals surface area (Å²) in [6.07, 6.45) is 1.07. The van der Waals surface area contributed by atoms with Crippen molar-refractivity contribution in [3.05, 3.63) is 21.7 Å². The number of aryl methyl sites for hydroxylation is 1. The molecule has 1 aromatic rings. The van der Waals surface area contributed by atoms with Gasteiger partial charge >= 0.3 is 5.97 Å². The number of cyclic esters (lactones) is 1. The predicted molar refractivity (Wildman–Crippen MR) is 148 cm³/mol. The summed E-state index contributed by atoms with van der Waals surface area (Å²) >= 11 is 15.0. The van der Waals surface area contributed by atoms with Crippen LogP contribution in [0.4, 0.5) is 0 Å². The summed E-state index contributed by atoms with van der Waals surface area (Å²) in [5.41, 5.74) is -0.414. The smallest absolute Gasteiger partial charge is 0.309 e. The van der Waals surface area contributed by atoms with Gasteiger partial charge in [-0.15, -0.1) is 23.2 Å². The van der Waals surface area contributed by atoms with Crippen LogP contribution in [0, 0.1) is 35.5 Å². The third-order valence-electron chi connectivity index (χ3n) is 9.08. The van der Waals surface area contributed by atoms with E-state index in [1.807, 2.05) is 20.8 Å². The topological polar surface area (TPSA) is 108 Å². The van der Waals surface area contributed by atoms with Crippen LogP contribution in [0.3, 0.4) is 0 Å². The predicted octanol–water partition coefficient (Wildman–Crippen LogP) is 5.26. The molecule has 7 atom stereocenters. The number of ketones is 1. The van der Waals surface area contributed by atoms with E-state index < -0.39 is 45.4 Å². The molecule has 1 saturated heterocycles. The van der Waals surface area contributed by atoms with E-state index in [2.05, 4.69) is 0 Å². The molecule has 0 amide bonds. The number of thiazole rings is 1. The van der Waals surface area contributed by atoms with Gasteiger partial charge in [-0.3, -0.25) is 14.8 Å². The molecular formula is C28H42Cl2NO6S+. The highest BCUT2D eigenvalue weighted by Gasteiger charge is 2.72. The summed E-state index contributed by atoms with van der Waals surface area (Å²) < 4.78 is 5.97. The molecule has 0 spiro atoms. The van der Waals surface area contributed by atoms with Crippen molar-refractivity contribution in [3.8, 4) is 0 Å². The number of aliphatic hydroxyl groups is 2. The Kier molecular flexibility index (Phi) is 9.37. The second-order valence-electron chi connectivity index (χ2n) is 12.1. The van der Waals surface area contributed by atoms with Gasteiger partial charge in [0.25, 0.3) is 10.7 Å². The third-order valence-corrected chi connectivity index (χ3v) is 11.3.